The van der Waals surface area contributed by atoms with Crippen molar-refractivity contribution in [2.75, 3.05) is 13.2 Å². The van der Waals surface area contributed by atoms with Crippen LogP contribution in [0.25, 0.3) is 0 Å². The van der Waals surface area contributed by atoms with E-state index < -0.39 is 30.8 Å². The summed E-state index contributed by atoms with van der Waals surface area (Å²) in [5.74, 6) is -4.79. The Morgan fingerprint density at radius 1 is 1.30 bits per heavy atom. The number of rotatable bonds is 7. The standard InChI is InChI=1S/C12H13ClF5NO/c13-8-2-1-7(10(14)4-8)3-9(19)5-20-6-12(17,18)11(15)16/h1-2,4,9,11H,3,5-6,19H2. The van der Waals surface area contributed by atoms with Crippen molar-refractivity contribution < 1.29 is 26.7 Å². The molecule has 1 aromatic rings. The molecule has 0 radical (unpaired) electrons. The van der Waals surface area contributed by atoms with Gasteiger partial charge >= 0.3 is 12.3 Å². The molecule has 1 unspecified atom stereocenters. The molecule has 0 saturated heterocycles. The molecule has 1 atom stereocenters. The topological polar surface area (TPSA) is 35.2 Å². The molecule has 20 heavy (non-hydrogen) atoms. The monoisotopic (exact) mass is 317 g/mol. The van der Waals surface area contributed by atoms with Gasteiger partial charge < -0.3 is 10.5 Å². The van der Waals surface area contributed by atoms with Gasteiger partial charge in [0.25, 0.3) is 0 Å². The number of halogens is 6. The van der Waals surface area contributed by atoms with Crippen LogP contribution in [0.15, 0.2) is 18.2 Å². The van der Waals surface area contributed by atoms with E-state index in [1.807, 2.05) is 0 Å². The second kappa shape index (κ2) is 7.19. The van der Waals surface area contributed by atoms with Crippen LogP contribution in [-0.4, -0.2) is 31.6 Å². The maximum Gasteiger partial charge on any atom is 0.330 e. The minimum atomic E-state index is -4.22. The lowest BCUT2D eigenvalue weighted by Crippen LogP contribution is -2.36. The summed E-state index contributed by atoms with van der Waals surface area (Å²) in [5.41, 5.74) is 5.80. The summed E-state index contributed by atoms with van der Waals surface area (Å²) in [7, 11) is 0. The fraction of sp³-hybridized carbons (Fsp3) is 0.500. The summed E-state index contributed by atoms with van der Waals surface area (Å²) in [6.45, 7) is -1.81. The highest BCUT2D eigenvalue weighted by atomic mass is 35.5. The molecule has 0 fully saturated rings. The zero-order chi connectivity index (χ0) is 15.3. The van der Waals surface area contributed by atoms with Gasteiger partial charge in [0.15, 0.2) is 0 Å². The molecule has 2 nitrogen and oxygen atoms in total. The van der Waals surface area contributed by atoms with Gasteiger partial charge in [-0.05, 0) is 24.1 Å². The van der Waals surface area contributed by atoms with Gasteiger partial charge in [0.2, 0.25) is 0 Å². The number of benzene rings is 1. The molecule has 0 saturated carbocycles. The van der Waals surface area contributed by atoms with Crippen LogP contribution in [0.1, 0.15) is 5.56 Å². The molecule has 8 heteroatoms. The van der Waals surface area contributed by atoms with Crippen LogP contribution in [0.3, 0.4) is 0 Å². The van der Waals surface area contributed by atoms with E-state index in [0.717, 1.165) is 6.07 Å². The minimum absolute atomic E-state index is 0.0171. The molecular weight excluding hydrogens is 305 g/mol. The van der Waals surface area contributed by atoms with Crippen molar-refractivity contribution in [2.45, 2.75) is 24.8 Å². The minimum Gasteiger partial charge on any atom is -0.373 e. The van der Waals surface area contributed by atoms with Crippen molar-refractivity contribution in [3.63, 3.8) is 0 Å². The Bertz CT molecular complexity index is 444. The number of nitrogens with two attached hydrogens (primary N) is 1. The third-order valence-electron chi connectivity index (χ3n) is 2.44. The van der Waals surface area contributed by atoms with Gasteiger partial charge in [-0.2, -0.15) is 8.78 Å². The van der Waals surface area contributed by atoms with Crippen LogP contribution in [0.2, 0.25) is 5.02 Å². The van der Waals surface area contributed by atoms with E-state index in [1.54, 1.807) is 0 Å². The van der Waals surface area contributed by atoms with E-state index in [9.17, 15) is 22.0 Å². The SMILES string of the molecule is NC(COCC(F)(F)C(F)F)Cc1ccc(Cl)cc1F. The molecule has 0 bridgehead atoms. The summed E-state index contributed by atoms with van der Waals surface area (Å²) >= 11 is 5.57. The van der Waals surface area contributed by atoms with Crippen LogP contribution in [0.4, 0.5) is 22.0 Å². The van der Waals surface area contributed by atoms with E-state index in [0.29, 0.717) is 0 Å². The zero-order valence-corrected chi connectivity index (χ0v) is 11.0. The molecular formula is C12H13ClF5NO. The molecule has 0 aliphatic heterocycles. The fourth-order valence-corrected chi connectivity index (χ4v) is 1.60. The van der Waals surface area contributed by atoms with E-state index in [4.69, 9.17) is 17.3 Å². The van der Waals surface area contributed by atoms with Crippen LogP contribution < -0.4 is 5.73 Å². The lowest BCUT2D eigenvalue weighted by atomic mass is 10.1. The first kappa shape index (κ1) is 17.1. The number of alkyl halides is 4. The van der Waals surface area contributed by atoms with Crippen LogP contribution in [0.5, 0.6) is 0 Å². The van der Waals surface area contributed by atoms with Crippen molar-refractivity contribution in [1.29, 1.82) is 0 Å². The molecule has 0 aliphatic rings. The Hall–Kier alpha value is -0.920. The Balaban J connectivity index is 2.42. The van der Waals surface area contributed by atoms with Gasteiger partial charge in [-0.1, -0.05) is 17.7 Å². The molecule has 2 N–H and O–H groups in total. The quantitative estimate of drug-likeness (QED) is 0.783. The molecule has 0 aromatic heterocycles. The number of hydrogen-bond donors (Lipinski definition) is 1. The second-order valence-electron chi connectivity index (χ2n) is 4.28. The molecule has 0 aliphatic carbocycles. The highest BCUT2D eigenvalue weighted by molar-refractivity contribution is 6.30. The van der Waals surface area contributed by atoms with Gasteiger partial charge in [0, 0.05) is 11.1 Å². The summed E-state index contributed by atoms with van der Waals surface area (Å²) in [6.07, 6.45) is -3.78. The van der Waals surface area contributed by atoms with Crippen LogP contribution in [0, 0.1) is 5.82 Å². The van der Waals surface area contributed by atoms with Crippen molar-refractivity contribution in [2.24, 2.45) is 5.73 Å². The van der Waals surface area contributed by atoms with Crippen molar-refractivity contribution >= 4 is 11.6 Å². The Morgan fingerprint density at radius 2 is 1.95 bits per heavy atom. The normalized spacial score (nSPS) is 13.8. The van der Waals surface area contributed by atoms with Crippen molar-refractivity contribution in [1.82, 2.24) is 0 Å². The summed E-state index contributed by atoms with van der Waals surface area (Å²) in [6, 6.07) is 3.17. The largest absolute Gasteiger partial charge is 0.373 e. The van der Waals surface area contributed by atoms with Crippen molar-refractivity contribution in [3.05, 3.63) is 34.6 Å². The molecule has 114 valence electrons. The average molecular weight is 318 g/mol. The van der Waals surface area contributed by atoms with E-state index >= 15 is 0 Å². The Kier molecular flexibility index (Phi) is 6.16. The lowest BCUT2D eigenvalue weighted by Gasteiger charge is -2.17. The maximum absolute atomic E-state index is 13.4. The average Bonchev–Trinajstić information content (AvgIpc) is 2.32. The summed E-state index contributed by atoms with van der Waals surface area (Å²) in [5, 5.41) is 0.215. The summed E-state index contributed by atoms with van der Waals surface area (Å²) < 4.78 is 66.7. The van der Waals surface area contributed by atoms with Crippen LogP contribution in [-0.2, 0) is 11.2 Å². The zero-order valence-electron chi connectivity index (χ0n) is 10.3. The molecule has 0 heterocycles. The highest BCUT2D eigenvalue weighted by Crippen LogP contribution is 2.23. The summed E-state index contributed by atoms with van der Waals surface area (Å²) in [4.78, 5) is 0. The lowest BCUT2D eigenvalue weighted by molar-refractivity contribution is -0.166. The van der Waals surface area contributed by atoms with Crippen molar-refractivity contribution in [3.8, 4) is 0 Å². The van der Waals surface area contributed by atoms with Gasteiger partial charge in [-0.15, -0.1) is 0 Å². The Morgan fingerprint density at radius 3 is 2.50 bits per heavy atom. The third-order valence-corrected chi connectivity index (χ3v) is 2.68. The first-order chi connectivity index (χ1) is 9.22. The molecule has 1 aromatic carbocycles. The fourth-order valence-electron chi connectivity index (χ4n) is 1.44. The predicted molar refractivity (Wildman–Crippen MR) is 64.9 cm³/mol. The molecule has 1 rings (SSSR count). The first-order valence-corrected chi connectivity index (χ1v) is 6.03. The van der Waals surface area contributed by atoms with Gasteiger partial charge in [0.05, 0.1) is 6.61 Å². The van der Waals surface area contributed by atoms with Crippen LogP contribution >= 0.6 is 11.6 Å². The number of hydrogen-bond acceptors (Lipinski definition) is 2. The first-order valence-electron chi connectivity index (χ1n) is 5.65. The third kappa shape index (κ3) is 5.22. The Labute approximate surface area is 117 Å². The molecule has 0 spiro atoms. The molecule has 0 amide bonds. The van der Waals surface area contributed by atoms with Gasteiger partial charge in [-0.3, -0.25) is 0 Å². The van der Waals surface area contributed by atoms with Gasteiger partial charge in [0.1, 0.15) is 12.4 Å². The maximum atomic E-state index is 13.4. The highest BCUT2D eigenvalue weighted by Gasteiger charge is 2.41. The van der Waals surface area contributed by atoms with E-state index in [-0.39, 0.29) is 23.6 Å². The second-order valence-corrected chi connectivity index (χ2v) is 4.71. The smallest absolute Gasteiger partial charge is 0.330 e. The predicted octanol–water partition coefficient (Wildman–Crippen LogP) is 3.27. The van der Waals surface area contributed by atoms with E-state index in [1.165, 1.54) is 12.1 Å². The van der Waals surface area contributed by atoms with Gasteiger partial charge in [-0.25, -0.2) is 13.2 Å². The number of ether oxygens (including phenoxy) is 1. The van der Waals surface area contributed by atoms with E-state index in [2.05, 4.69) is 4.74 Å².